The Morgan fingerprint density at radius 3 is 2.04 bits per heavy atom. The van der Waals surface area contributed by atoms with Crippen molar-refractivity contribution in [1.29, 1.82) is 0 Å². The number of carbonyl (C=O) groups excluding carboxylic acids is 2. The van der Waals surface area contributed by atoms with Crippen LogP contribution in [-0.2, 0) is 24.1 Å². The molecule has 0 aliphatic rings. The van der Waals surface area contributed by atoms with Crippen LogP contribution in [0.25, 0.3) is 0 Å². The highest BCUT2D eigenvalue weighted by molar-refractivity contribution is 7.91. The molecule has 0 amide bonds. The summed E-state index contributed by atoms with van der Waals surface area (Å²) in [4.78, 5) is 23.6. The van der Waals surface area contributed by atoms with Crippen LogP contribution in [0.2, 0.25) is 0 Å². The van der Waals surface area contributed by atoms with E-state index < -0.39 is 39.5 Å². The standard InChI is InChI=1S/C19H21NO6S.ClH/c1-25-18(21)14-8-10-15(11-9-14)27(23,24)12-16(20)17(19(22)26-2)13-6-4-3-5-7-13;/h3-11,16-17H,12,20H2,1-2H3;1H. The molecule has 0 radical (unpaired) electrons. The van der Waals surface area contributed by atoms with E-state index in [4.69, 9.17) is 10.5 Å². The maximum absolute atomic E-state index is 12.7. The van der Waals surface area contributed by atoms with Gasteiger partial charge in [-0.25, -0.2) is 13.2 Å². The van der Waals surface area contributed by atoms with E-state index in [1.807, 2.05) is 0 Å². The third-order valence-electron chi connectivity index (χ3n) is 4.09. The molecular formula is C19H22ClNO6S. The number of hydrogen-bond donors (Lipinski definition) is 1. The summed E-state index contributed by atoms with van der Waals surface area (Å²) >= 11 is 0. The van der Waals surface area contributed by atoms with Crippen molar-refractivity contribution in [2.75, 3.05) is 20.0 Å². The van der Waals surface area contributed by atoms with Crippen molar-refractivity contribution in [3.8, 4) is 0 Å². The van der Waals surface area contributed by atoms with Gasteiger partial charge >= 0.3 is 11.9 Å². The average Bonchev–Trinajstić information content (AvgIpc) is 2.67. The van der Waals surface area contributed by atoms with Crippen molar-refractivity contribution in [2.45, 2.75) is 16.9 Å². The lowest BCUT2D eigenvalue weighted by Crippen LogP contribution is -2.40. The minimum absolute atomic E-state index is 0. The van der Waals surface area contributed by atoms with E-state index in [2.05, 4.69) is 4.74 Å². The molecule has 0 aromatic heterocycles. The number of methoxy groups -OCH3 is 2. The largest absolute Gasteiger partial charge is 0.469 e. The second-order valence-corrected chi connectivity index (χ2v) is 7.91. The molecule has 2 aromatic carbocycles. The SMILES string of the molecule is COC(=O)c1ccc(S(=O)(=O)CC(N)C(C(=O)OC)c2ccccc2)cc1.Cl. The second-order valence-electron chi connectivity index (χ2n) is 5.87. The maximum atomic E-state index is 12.7. The number of esters is 2. The van der Waals surface area contributed by atoms with Gasteiger partial charge in [0, 0.05) is 6.04 Å². The van der Waals surface area contributed by atoms with E-state index >= 15 is 0 Å². The molecule has 0 spiro atoms. The summed E-state index contributed by atoms with van der Waals surface area (Å²) < 4.78 is 34.8. The topological polar surface area (TPSA) is 113 Å². The molecule has 2 unspecified atom stereocenters. The molecule has 0 saturated carbocycles. The number of carbonyl (C=O) groups is 2. The summed E-state index contributed by atoms with van der Waals surface area (Å²) in [5.41, 5.74) is 6.91. The van der Waals surface area contributed by atoms with Gasteiger partial charge in [0.25, 0.3) is 0 Å². The Labute approximate surface area is 170 Å². The van der Waals surface area contributed by atoms with E-state index in [1.54, 1.807) is 30.3 Å². The predicted octanol–water partition coefficient (Wildman–Crippen LogP) is 1.95. The third kappa shape index (κ3) is 5.54. The van der Waals surface area contributed by atoms with Crippen LogP contribution >= 0.6 is 12.4 Å². The number of halogens is 1. The Morgan fingerprint density at radius 1 is 0.964 bits per heavy atom. The van der Waals surface area contributed by atoms with Crippen molar-refractivity contribution in [3.05, 3.63) is 65.7 Å². The molecule has 152 valence electrons. The molecule has 0 fully saturated rings. The predicted molar refractivity (Wildman–Crippen MR) is 106 cm³/mol. The monoisotopic (exact) mass is 427 g/mol. The van der Waals surface area contributed by atoms with Crippen LogP contribution in [0.4, 0.5) is 0 Å². The first-order valence-electron chi connectivity index (χ1n) is 8.09. The van der Waals surface area contributed by atoms with Crippen LogP contribution in [0.15, 0.2) is 59.5 Å². The lowest BCUT2D eigenvalue weighted by atomic mass is 9.93. The average molecular weight is 428 g/mol. The number of sulfone groups is 1. The molecule has 0 saturated heterocycles. The number of nitrogens with two attached hydrogens (primary N) is 1. The smallest absolute Gasteiger partial charge is 0.337 e. The quantitative estimate of drug-likeness (QED) is 0.672. The van der Waals surface area contributed by atoms with E-state index in [0.29, 0.717) is 5.56 Å². The first kappa shape index (κ1) is 23.6. The van der Waals surface area contributed by atoms with Gasteiger partial charge in [-0.15, -0.1) is 12.4 Å². The highest BCUT2D eigenvalue weighted by Crippen LogP contribution is 2.23. The minimum Gasteiger partial charge on any atom is -0.469 e. The van der Waals surface area contributed by atoms with Crippen molar-refractivity contribution >= 4 is 34.2 Å². The van der Waals surface area contributed by atoms with Crippen LogP contribution in [0, 0.1) is 0 Å². The zero-order valence-electron chi connectivity index (χ0n) is 15.4. The normalized spacial score (nSPS) is 13.0. The fourth-order valence-electron chi connectivity index (χ4n) is 2.71. The number of benzene rings is 2. The molecule has 2 rings (SSSR count). The molecule has 0 aliphatic heterocycles. The second kappa shape index (κ2) is 10.2. The van der Waals surface area contributed by atoms with Crippen molar-refractivity contribution in [3.63, 3.8) is 0 Å². The lowest BCUT2D eigenvalue weighted by molar-refractivity contribution is -0.142. The summed E-state index contributed by atoms with van der Waals surface area (Å²) in [7, 11) is -1.32. The molecule has 2 aromatic rings. The molecule has 0 bridgehead atoms. The maximum Gasteiger partial charge on any atom is 0.337 e. The Bertz CT molecular complexity index is 900. The Kier molecular flexibility index (Phi) is 8.62. The van der Waals surface area contributed by atoms with Gasteiger partial charge in [0.05, 0.1) is 36.3 Å². The van der Waals surface area contributed by atoms with Gasteiger partial charge in [0.2, 0.25) is 0 Å². The fraction of sp³-hybridized carbons (Fsp3) is 0.263. The third-order valence-corrected chi connectivity index (χ3v) is 5.90. The Hall–Kier alpha value is -2.42. The molecular weight excluding hydrogens is 406 g/mol. The van der Waals surface area contributed by atoms with E-state index in [9.17, 15) is 18.0 Å². The van der Waals surface area contributed by atoms with E-state index in [-0.39, 0.29) is 22.9 Å². The summed E-state index contributed by atoms with van der Waals surface area (Å²) in [6, 6.07) is 13.0. The fourth-order valence-corrected chi connectivity index (χ4v) is 4.15. The van der Waals surface area contributed by atoms with Gasteiger partial charge in [-0.2, -0.15) is 0 Å². The van der Waals surface area contributed by atoms with Crippen molar-refractivity contribution in [2.24, 2.45) is 5.73 Å². The summed E-state index contributed by atoms with van der Waals surface area (Å²) in [5.74, 6) is -2.55. The van der Waals surface area contributed by atoms with Gasteiger partial charge in [0.1, 0.15) is 0 Å². The van der Waals surface area contributed by atoms with Gasteiger partial charge < -0.3 is 15.2 Å². The first-order valence-corrected chi connectivity index (χ1v) is 9.75. The number of hydrogen-bond acceptors (Lipinski definition) is 7. The Morgan fingerprint density at radius 2 is 1.54 bits per heavy atom. The summed E-state index contributed by atoms with van der Waals surface area (Å²) in [6.45, 7) is 0. The molecule has 28 heavy (non-hydrogen) atoms. The Balaban J connectivity index is 0.00000392. The highest BCUT2D eigenvalue weighted by Gasteiger charge is 2.32. The molecule has 7 nitrogen and oxygen atoms in total. The number of ether oxygens (including phenoxy) is 2. The summed E-state index contributed by atoms with van der Waals surface area (Å²) in [6.07, 6.45) is 0. The minimum atomic E-state index is -3.79. The van der Waals surface area contributed by atoms with Gasteiger partial charge in [-0.3, -0.25) is 4.79 Å². The van der Waals surface area contributed by atoms with Gasteiger partial charge in [0.15, 0.2) is 9.84 Å². The van der Waals surface area contributed by atoms with Crippen LogP contribution in [0.3, 0.4) is 0 Å². The molecule has 2 atom stereocenters. The van der Waals surface area contributed by atoms with Crippen LogP contribution in [-0.4, -0.2) is 46.4 Å². The van der Waals surface area contributed by atoms with E-state index in [0.717, 1.165) is 0 Å². The van der Waals surface area contributed by atoms with E-state index in [1.165, 1.54) is 38.5 Å². The summed E-state index contributed by atoms with van der Waals surface area (Å²) in [5, 5.41) is 0. The molecule has 9 heteroatoms. The van der Waals surface area contributed by atoms with Crippen molar-refractivity contribution < 1.29 is 27.5 Å². The van der Waals surface area contributed by atoms with Gasteiger partial charge in [-0.05, 0) is 29.8 Å². The van der Waals surface area contributed by atoms with Gasteiger partial charge in [-0.1, -0.05) is 30.3 Å². The zero-order valence-corrected chi connectivity index (χ0v) is 17.0. The molecule has 0 aliphatic carbocycles. The molecule has 2 N–H and O–H groups in total. The van der Waals surface area contributed by atoms with Crippen molar-refractivity contribution in [1.82, 2.24) is 0 Å². The van der Waals surface area contributed by atoms with Crippen LogP contribution < -0.4 is 5.73 Å². The zero-order chi connectivity index (χ0) is 20.0. The first-order chi connectivity index (χ1) is 12.8. The molecule has 0 heterocycles. The highest BCUT2D eigenvalue weighted by atomic mass is 35.5. The lowest BCUT2D eigenvalue weighted by Gasteiger charge is -2.22. The van der Waals surface area contributed by atoms with Crippen LogP contribution in [0.1, 0.15) is 21.8 Å². The van der Waals surface area contributed by atoms with Crippen LogP contribution in [0.5, 0.6) is 0 Å². The number of rotatable bonds is 7.